The molecule has 0 saturated heterocycles. The third-order valence-electron chi connectivity index (χ3n) is 3.67. The van der Waals surface area contributed by atoms with Crippen molar-refractivity contribution in [2.75, 3.05) is 10.6 Å². The van der Waals surface area contributed by atoms with Crippen molar-refractivity contribution in [1.29, 1.82) is 0 Å². The lowest BCUT2D eigenvalue weighted by atomic mass is 10.0. The standard InChI is InChI=1S/C18H22N2O4/c1-11(2)15(21)10-17(22)19-13-6-7-14(12(3)9-13)20-18(23)16-5-4-8-24-16/h4-9,11,15,21H,10H2,1-3H3,(H,19,22)(H,20,23). The van der Waals surface area contributed by atoms with E-state index in [-0.39, 0.29) is 29.9 Å². The van der Waals surface area contributed by atoms with Gasteiger partial charge in [-0.1, -0.05) is 13.8 Å². The van der Waals surface area contributed by atoms with Gasteiger partial charge in [0.2, 0.25) is 5.91 Å². The number of carbonyl (C=O) groups is 2. The van der Waals surface area contributed by atoms with E-state index < -0.39 is 6.10 Å². The van der Waals surface area contributed by atoms with Crippen molar-refractivity contribution in [3.05, 3.63) is 47.9 Å². The average molecular weight is 330 g/mol. The number of nitrogens with one attached hydrogen (secondary N) is 2. The number of hydrogen-bond donors (Lipinski definition) is 3. The van der Waals surface area contributed by atoms with Crippen LogP contribution in [0.2, 0.25) is 0 Å². The molecule has 0 aliphatic carbocycles. The minimum absolute atomic E-state index is 0.0247. The molecule has 0 aliphatic heterocycles. The molecule has 0 fully saturated rings. The Balaban J connectivity index is 1.99. The van der Waals surface area contributed by atoms with Gasteiger partial charge in [-0.25, -0.2) is 0 Å². The van der Waals surface area contributed by atoms with Gasteiger partial charge in [0.1, 0.15) is 0 Å². The van der Waals surface area contributed by atoms with E-state index in [1.165, 1.54) is 6.26 Å². The lowest BCUT2D eigenvalue weighted by Gasteiger charge is -2.15. The first kappa shape index (κ1) is 17.7. The Labute approximate surface area is 140 Å². The van der Waals surface area contributed by atoms with Crippen LogP contribution in [0.4, 0.5) is 11.4 Å². The van der Waals surface area contributed by atoms with E-state index in [0.717, 1.165) is 5.56 Å². The lowest BCUT2D eigenvalue weighted by molar-refractivity contribution is -0.118. The molecule has 2 amide bonds. The molecule has 1 atom stereocenters. The van der Waals surface area contributed by atoms with Crippen LogP contribution >= 0.6 is 0 Å². The van der Waals surface area contributed by atoms with Crippen LogP contribution in [0.5, 0.6) is 0 Å². The summed E-state index contributed by atoms with van der Waals surface area (Å²) in [7, 11) is 0. The highest BCUT2D eigenvalue weighted by molar-refractivity contribution is 6.02. The SMILES string of the molecule is Cc1cc(NC(=O)CC(O)C(C)C)ccc1NC(=O)c1ccco1. The Morgan fingerprint density at radius 3 is 2.54 bits per heavy atom. The Kier molecular flexibility index (Phi) is 5.76. The molecular formula is C18H22N2O4. The van der Waals surface area contributed by atoms with Crippen molar-refractivity contribution in [2.24, 2.45) is 5.92 Å². The first-order valence-corrected chi connectivity index (χ1v) is 7.80. The molecule has 2 aromatic rings. The molecule has 0 radical (unpaired) electrons. The fraction of sp³-hybridized carbons (Fsp3) is 0.333. The van der Waals surface area contributed by atoms with E-state index in [0.29, 0.717) is 11.4 Å². The van der Waals surface area contributed by atoms with E-state index in [2.05, 4.69) is 10.6 Å². The maximum Gasteiger partial charge on any atom is 0.291 e. The number of aliphatic hydroxyl groups excluding tert-OH is 1. The molecule has 1 aromatic heterocycles. The maximum absolute atomic E-state index is 12.0. The molecule has 0 bridgehead atoms. The van der Waals surface area contributed by atoms with Gasteiger partial charge < -0.3 is 20.2 Å². The van der Waals surface area contributed by atoms with Crippen LogP contribution in [0.3, 0.4) is 0 Å². The van der Waals surface area contributed by atoms with E-state index in [9.17, 15) is 14.7 Å². The highest BCUT2D eigenvalue weighted by Gasteiger charge is 2.15. The summed E-state index contributed by atoms with van der Waals surface area (Å²) in [6.45, 7) is 5.55. The molecule has 0 spiro atoms. The maximum atomic E-state index is 12.0. The van der Waals surface area contributed by atoms with Crippen LogP contribution in [0.15, 0.2) is 41.0 Å². The molecule has 1 unspecified atom stereocenters. The van der Waals surface area contributed by atoms with Gasteiger partial charge in [-0.3, -0.25) is 9.59 Å². The van der Waals surface area contributed by atoms with Gasteiger partial charge in [0.15, 0.2) is 5.76 Å². The lowest BCUT2D eigenvalue weighted by Crippen LogP contribution is -2.23. The second kappa shape index (κ2) is 7.79. The van der Waals surface area contributed by atoms with E-state index >= 15 is 0 Å². The number of hydrogen-bond acceptors (Lipinski definition) is 4. The molecule has 128 valence electrons. The summed E-state index contributed by atoms with van der Waals surface area (Å²) >= 11 is 0. The number of furan rings is 1. The smallest absolute Gasteiger partial charge is 0.291 e. The molecule has 24 heavy (non-hydrogen) atoms. The Morgan fingerprint density at radius 2 is 1.96 bits per heavy atom. The summed E-state index contributed by atoms with van der Waals surface area (Å²) in [5.74, 6) is -0.325. The first-order valence-electron chi connectivity index (χ1n) is 7.80. The van der Waals surface area contributed by atoms with E-state index in [4.69, 9.17) is 4.42 Å². The molecule has 2 rings (SSSR count). The van der Waals surface area contributed by atoms with Gasteiger partial charge in [0.05, 0.1) is 18.8 Å². The quantitative estimate of drug-likeness (QED) is 0.758. The average Bonchev–Trinajstić information content (AvgIpc) is 3.04. The zero-order valence-electron chi connectivity index (χ0n) is 14.0. The molecule has 6 heteroatoms. The highest BCUT2D eigenvalue weighted by Crippen LogP contribution is 2.21. The third kappa shape index (κ3) is 4.70. The van der Waals surface area contributed by atoms with Crippen molar-refractivity contribution in [2.45, 2.75) is 33.3 Å². The van der Waals surface area contributed by atoms with E-state index in [1.54, 1.807) is 30.3 Å². The Bertz CT molecular complexity index is 708. The second-order valence-electron chi connectivity index (χ2n) is 6.02. The van der Waals surface area contributed by atoms with Crippen LogP contribution in [0.1, 0.15) is 36.4 Å². The van der Waals surface area contributed by atoms with Crippen molar-refractivity contribution in [3.8, 4) is 0 Å². The minimum atomic E-state index is -0.669. The summed E-state index contributed by atoms with van der Waals surface area (Å²) in [4.78, 5) is 23.9. The molecule has 3 N–H and O–H groups in total. The highest BCUT2D eigenvalue weighted by atomic mass is 16.3. The zero-order chi connectivity index (χ0) is 17.7. The molecule has 1 heterocycles. The van der Waals surface area contributed by atoms with Crippen LogP contribution in [0.25, 0.3) is 0 Å². The molecule has 0 saturated carbocycles. The zero-order valence-corrected chi connectivity index (χ0v) is 14.0. The molecule has 0 aliphatic rings. The van der Waals surface area contributed by atoms with Crippen molar-refractivity contribution in [3.63, 3.8) is 0 Å². The monoisotopic (exact) mass is 330 g/mol. The van der Waals surface area contributed by atoms with Crippen molar-refractivity contribution >= 4 is 23.2 Å². The van der Waals surface area contributed by atoms with E-state index in [1.807, 2.05) is 20.8 Å². The van der Waals surface area contributed by atoms with Crippen LogP contribution in [-0.4, -0.2) is 23.0 Å². The number of aliphatic hydroxyl groups is 1. The summed E-state index contributed by atoms with van der Waals surface area (Å²) in [5.41, 5.74) is 2.05. The number of aryl methyl sites for hydroxylation is 1. The summed E-state index contributed by atoms with van der Waals surface area (Å²) in [5, 5.41) is 15.2. The number of amides is 2. The fourth-order valence-corrected chi connectivity index (χ4v) is 2.11. The normalized spacial score (nSPS) is 12.0. The topological polar surface area (TPSA) is 91.6 Å². The predicted octanol–water partition coefficient (Wildman–Crippen LogP) is 3.19. The summed E-state index contributed by atoms with van der Waals surface area (Å²) < 4.78 is 5.05. The van der Waals surface area contributed by atoms with Gasteiger partial charge in [-0.15, -0.1) is 0 Å². The predicted molar refractivity (Wildman–Crippen MR) is 91.9 cm³/mol. The number of benzene rings is 1. The van der Waals surface area contributed by atoms with Gasteiger partial charge >= 0.3 is 0 Å². The largest absolute Gasteiger partial charge is 0.459 e. The number of anilines is 2. The number of carbonyl (C=O) groups excluding carboxylic acids is 2. The van der Waals surface area contributed by atoms with Gasteiger partial charge in [-0.2, -0.15) is 0 Å². The van der Waals surface area contributed by atoms with Gasteiger partial charge in [0.25, 0.3) is 5.91 Å². The number of rotatable bonds is 6. The Morgan fingerprint density at radius 1 is 1.21 bits per heavy atom. The summed E-state index contributed by atoms with van der Waals surface area (Å²) in [6, 6.07) is 8.40. The fourth-order valence-electron chi connectivity index (χ4n) is 2.11. The van der Waals surface area contributed by atoms with Crippen LogP contribution < -0.4 is 10.6 Å². The minimum Gasteiger partial charge on any atom is -0.459 e. The van der Waals surface area contributed by atoms with Gasteiger partial charge in [-0.05, 0) is 48.7 Å². The second-order valence-corrected chi connectivity index (χ2v) is 6.02. The van der Waals surface area contributed by atoms with Gasteiger partial charge in [0, 0.05) is 11.4 Å². The van der Waals surface area contributed by atoms with Crippen molar-refractivity contribution < 1.29 is 19.1 Å². The molecule has 6 nitrogen and oxygen atoms in total. The van der Waals surface area contributed by atoms with Crippen LogP contribution in [0, 0.1) is 12.8 Å². The van der Waals surface area contributed by atoms with Crippen LogP contribution in [-0.2, 0) is 4.79 Å². The molecular weight excluding hydrogens is 308 g/mol. The first-order chi connectivity index (χ1) is 11.4. The van der Waals surface area contributed by atoms with Crippen molar-refractivity contribution in [1.82, 2.24) is 0 Å². The third-order valence-corrected chi connectivity index (χ3v) is 3.67. The molecule has 1 aromatic carbocycles. The summed E-state index contributed by atoms with van der Waals surface area (Å²) in [6.07, 6.45) is 0.817. The Hall–Kier alpha value is -2.60.